The number of rotatable bonds is 4. The third-order valence-electron chi connectivity index (χ3n) is 2.72. The first kappa shape index (κ1) is 12.8. The first-order chi connectivity index (χ1) is 9.08. The van der Waals surface area contributed by atoms with Gasteiger partial charge in [0.1, 0.15) is 5.69 Å². The van der Waals surface area contributed by atoms with Gasteiger partial charge in [0.25, 0.3) is 5.91 Å². The van der Waals surface area contributed by atoms with E-state index in [1.807, 2.05) is 19.1 Å². The Kier molecular flexibility index (Phi) is 3.61. The highest BCUT2D eigenvalue weighted by molar-refractivity contribution is 5.91. The third-order valence-corrected chi connectivity index (χ3v) is 2.72. The number of pyridine rings is 2. The van der Waals surface area contributed by atoms with Gasteiger partial charge in [0.05, 0.1) is 11.7 Å². The largest absolute Gasteiger partial charge is 0.396 e. The number of hydrogen-bond donors (Lipinski definition) is 3. The van der Waals surface area contributed by atoms with Crippen molar-refractivity contribution < 1.29 is 4.79 Å². The summed E-state index contributed by atoms with van der Waals surface area (Å²) in [6.07, 6.45) is 3.46. The predicted molar refractivity (Wildman–Crippen MR) is 73.4 cm³/mol. The Morgan fingerprint density at radius 3 is 2.79 bits per heavy atom. The summed E-state index contributed by atoms with van der Waals surface area (Å²) in [5.41, 5.74) is 12.6. The van der Waals surface area contributed by atoms with Gasteiger partial charge in [-0.25, -0.2) is 4.98 Å². The number of primary amides is 1. The molecule has 6 nitrogen and oxygen atoms in total. The lowest BCUT2D eigenvalue weighted by molar-refractivity contribution is 0.0995. The lowest BCUT2D eigenvalue weighted by Crippen LogP contribution is -2.16. The fourth-order valence-electron chi connectivity index (χ4n) is 1.64. The molecule has 0 fully saturated rings. The molecule has 0 aliphatic heterocycles. The number of nitrogens with zero attached hydrogens (tertiary/aromatic N) is 2. The Morgan fingerprint density at radius 2 is 2.16 bits per heavy atom. The van der Waals surface area contributed by atoms with E-state index in [2.05, 4.69) is 15.3 Å². The molecule has 0 aliphatic rings. The lowest BCUT2D eigenvalue weighted by Gasteiger charge is -2.16. The molecule has 1 atom stereocenters. The molecule has 0 saturated carbocycles. The molecule has 0 spiro atoms. The van der Waals surface area contributed by atoms with Crippen molar-refractivity contribution in [3.05, 3.63) is 47.9 Å². The maximum atomic E-state index is 11.1. The van der Waals surface area contributed by atoms with Crippen LogP contribution in [0.5, 0.6) is 0 Å². The molecular formula is C13H15N5O. The molecule has 0 radical (unpaired) electrons. The molecule has 5 N–H and O–H groups in total. The average Bonchev–Trinajstić information content (AvgIpc) is 2.42. The van der Waals surface area contributed by atoms with Crippen molar-refractivity contribution in [2.45, 2.75) is 13.0 Å². The van der Waals surface area contributed by atoms with Gasteiger partial charge in [-0.2, -0.15) is 0 Å². The topological polar surface area (TPSA) is 107 Å². The van der Waals surface area contributed by atoms with Gasteiger partial charge >= 0.3 is 0 Å². The van der Waals surface area contributed by atoms with Gasteiger partial charge in [0.15, 0.2) is 5.82 Å². The zero-order valence-electron chi connectivity index (χ0n) is 10.5. The van der Waals surface area contributed by atoms with Crippen molar-refractivity contribution in [2.24, 2.45) is 5.73 Å². The van der Waals surface area contributed by atoms with Gasteiger partial charge in [0.2, 0.25) is 0 Å². The van der Waals surface area contributed by atoms with Crippen molar-refractivity contribution >= 4 is 17.4 Å². The summed E-state index contributed by atoms with van der Waals surface area (Å²) in [5.74, 6) is -0.148. The van der Waals surface area contributed by atoms with Crippen molar-refractivity contribution in [3.8, 4) is 0 Å². The summed E-state index contributed by atoms with van der Waals surface area (Å²) in [5, 5.41) is 3.14. The standard InChI is InChI=1S/C13H15N5O/c1-8(9-3-2-6-16-7-9)17-13-10(14)4-5-11(18-13)12(15)19/h2-8H,14H2,1H3,(H2,15,19)(H,17,18). The number of carbonyl (C=O) groups excluding carboxylic acids is 1. The minimum atomic E-state index is -0.586. The van der Waals surface area contributed by atoms with Crippen LogP contribution in [0.1, 0.15) is 29.0 Å². The highest BCUT2D eigenvalue weighted by atomic mass is 16.1. The number of nitrogens with one attached hydrogen (secondary N) is 1. The van der Waals surface area contributed by atoms with E-state index in [9.17, 15) is 4.79 Å². The van der Waals surface area contributed by atoms with Crippen LogP contribution in [0.25, 0.3) is 0 Å². The second-order valence-corrected chi connectivity index (χ2v) is 4.15. The van der Waals surface area contributed by atoms with Gasteiger partial charge in [-0.05, 0) is 30.7 Å². The lowest BCUT2D eigenvalue weighted by atomic mass is 10.1. The van der Waals surface area contributed by atoms with E-state index in [0.29, 0.717) is 11.5 Å². The maximum absolute atomic E-state index is 11.1. The fraction of sp³-hybridized carbons (Fsp3) is 0.154. The van der Waals surface area contributed by atoms with Gasteiger partial charge in [-0.3, -0.25) is 9.78 Å². The number of amides is 1. The van der Waals surface area contributed by atoms with E-state index in [1.165, 1.54) is 6.07 Å². The summed E-state index contributed by atoms with van der Waals surface area (Å²) in [6.45, 7) is 1.95. The quantitative estimate of drug-likeness (QED) is 0.766. The highest BCUT2D eigenvalue weighted by Gasteiger charge is 2.11. The maximum Gasteiger partial charge on any atom is 0.267 e. The van der Waals surface area contributed by atoms with E-state index in [4.69, 9.17) is 11.5 Å². The number of hydrogen-bond acceptors (Lipinski definition) is 5. The highest BCUT2D eigenvalue weighted by Crippen LogP contribution is 2.22. The average molecular weight is 257 g/mol. The number of anilines is 2. The second-order valence-electron chi connectivity index (χ2n) is 4.15. The van der Waals surface area contributed by atoms with E-state index in [1.54, 1.807) is 18.5 Å². The van der Waals surface area contributed by atoms with Gasteiger partial charge in [-0.15, -0.1) is 0 Å². The molecule has 1 unspecified atom stereocenters. The summed E-state index contributed by atoms with van der Waals surface area (Å²) in [4.78, 5) is 19.3. The number of aromatic nitrogens is 2. The molecule has 2 rings (SSSR count). The summed E-state index contributed by atoms with van der Waals surface area (Å²) >= 11 is 0. The molecule has 19 heavy (non-hydrogen) atoms. The Morgan fingerprint density at radius 1 is 1.37 bits per heavy atom. The van der Waals surface area contributed by atoms with Crippen LogP contribution in [-0.2, 0) is 0 Å². The minimum Gasteiger partial charge on any atom is -0.396 e. The Hall–Kier alpha value is -2.63. The van der Waals surface area contributed by atoms with Crippen molar-refractivity contribution in [3.63, 3.8) is 0 Å². The fourth-order valence-corrected chi connectivity index (χ4v) is 1.64. The number of nitrogen functional groups attached to an aromatic ring is 1. The summed E-state index contributed by atoms with van der Waals surface area (Å²) in [7, 11) is 0. The van der Waals surface area contributed by atoms with Crippen LogP contribution in [0, 0.1) is 0 Å². The van der Waals surface area contributed by atoms with Crippen molar-refractivity contribution in [1.82, 2.24) is 9.97 Å². The second kappa shape index (κ2) is 5.34. The van der Waals surface area contributed by atoms with Crippen molar-refractivity contribution in [2.75, 3.05) is 11.1 Å². The molecule has 98 valence electrons. The van der Waals surface area contributed by atoms with E-state index in [-0.39, 0.29) is 11.7 Å². The number of nitrogens with two attached hydrogens (primary N) is 2. The van der Waals surface area contributed by atoms with Crippen molar-refractivity contribution in [1.29, 1.82) is 0 Å². The van der Waals surface area contributed by atoms with Gasteiger partial charge in [-0.1, -0.05) is 6.07 Å². The molecular weight excluding hydrogens is 242 g/mol. The Balaban J connectivity index is 2.23. The molecule has 2 heterocycles. The molecule has 1 amide bonds. The zero-order valence-corrected chi connectivity index (χ0v) is 10.5. The van der Waals surface area contributed by atoms with Crippen LogP contribution < -0.4 is 16.8 Å². The van der Waals surface area contributed by atoms with Crippen LogP contribution in [-0.4, -0.2) is 15.9 Å². The predicted octanol–water partition coefficient (Wildman–Crippen LogP) is 1.33. The first-order valence-electron chi connectivity index (χ1n) is 5.80. The smallest absolute Gasteiger partial charge is 0.267 e. The Labute approximate surface area is 110 Å². The SMILES string of the molecule is CC(Nc1nc(C(N)=O)ccc1N)c1cccnc1. The third kappa shape index (κ3) is 2.98. The molecule has 2 aromatic rings. The first-order valence-corrected chi connectivity index (χ1v) is 5.80. The van der Waals surface area contributed by atoms with Crippen LogP contribution in [0.2, 0.25) is 0 Å². The van der Waals surface area contributed by atoms with Gasteiger partial charge in [0, 0.05) is 12.4 Å². The number of carbonyl (C=O) groups is 1. The normalized spacial score (nSPS) is 11.8. The molecule has 0 aliphatic carbocycles. The van der Waals surface area contributed by atoms with E-state index < -0.39 is 5.91 Å². The Bertz CT molecular complexity index is 585. The zero-order chi connectivity index (χ0) is 13.8. The minimum absolute atomic E-state index is 0.0355. The van der Waals surface area contributed by atoms with Crippen LogP contribution >= 0.6 is 0 Å². The summed E-state index contributed by atoms with van der Waals surface area (Å²) in [6, 6.07) is 6.86. The van der Waals surface area contributed by atoms with E-state index in [0.717, 1.165) is 5.56 Å². The monoisotopic (exact) mass is 257 g/mol. The van der Waals surface area contributed by atoms with Crippen LogP contribution in [0.4, 0.5) is 11.5 Å². The molecule has 0 bridgehead atoms. The molecule has 2 aromatic heterocycles. The van der Waals surface area contributed by atoms with Gasteiger partial charge < -0.3 is 16.8 Å². The molecule has 0 aromatic carbocycles. The van der Waals surface area contributed by atoms with Crippen LogP contribution in [0.15, 0.2) is 36.7 Å². The molecule has 0 saturated heterocycles. The van der Waals surface area contributed by atoms with Crippen LogP contribution in [0.3, 0.4) is 0 Å². The summed E-state index contributed by atoms with van der Waals surface area (Å²) < 4.78 is 0. The molecule has 6 heteroatoms. The van der Waals surface area contributed by atoms with E-state index >= 15 is 0 Å².